The summed E-state index contributed by atoms with van der Waals surface area (Å²) in [5.74, 6) is -0.0442. The molecule has 0 saturated heterocycles. The van der Waals surface area contributed by atoms with Gasteiger partial charge in [0.2, 0.25) is 0 Å². The van der Waals surface area contributed by atoms with E-state index >= 15 is 0 Å². The minimum Gasteiger partial charge on any atom is -0.452 e. The number of carbonyl (C=O) groups excluding carboxylic acids is 2. The molecule has 1 unspecified atom stereocenters. The number of ether oxygens (including phenoxy) is 1. The number of aromatic nitrogens is 1. The van der Waals surface area contributed by atoms with Crippen molar-refractivity contribution in [3.05, 3.63) is 46.7 Å². The summed E-state index contributed by atoms with van der Waals surface area (Å²) in [5, 5.41) is 6.81. The van der Waals surface area contributed by atoms with Crippen LogP contribution in [-0.2, 0) is 20.7 Å². The molecule has 2 rings (SSSR count). The van der Waals surface area contributed by atoms with Crippen LogP contribution in [0.15, 0.2) is 34.9 Å². The maximum Gasteiger partial charge on any atom is 0.311 e. The van der Waals surface area contributed by atoms with E-state index in [9.17, 15) is 9.59 Å². The number of unbranched alkanes of at least 4 members (excludes halogenated alkanes) is 1. The van der Waals surface area contributed by atoms with E-state index in [-0.39, 0.29) is 6.42 Å². The van der Waals surface area contributed by atoms with Crippen LogP contribution in [0.1, 0.15) is 37.5 Å². The van der Waals surface area contributed by atoms with E-state index in [0.717, 1.165) is 12.8 Å². The van der Waals surface area contributed by atoms with Crippen molar-refractivity contribution in [1.29, 1.82) is 0 Å². The van der Waals surface area contributed by atoms with Gasteiger partial charge in [0.05, 0.1) is 6.42 Å². The molecule has 1 heterocycles. The maximum absolute atomic E-state index is 12.4. The highest BCUT2D eigenvalue weighted by Gasteiger charge is 2.24. The smallest absolute Gasteiger partial charge is 0.311 e. The van der Waals surface area contributed by atoms with Gasteiger partial charge >= 0.3 is 5.97 Å². The minimum atomic E-state index is -0.882. The van der Waals surface area contributed by atoms with Crippen molar-refractivity contribution in [2.45, 2.75) is 45.6 Å². The number of amides is 1. The molecule has 1 aromatic heterocycles. The lowest BCUT2D eigenvalue weighted by atomic mass is 10.1. The molecule has 0 saturated carbocycles. The fraction of sp³-hybridized carbons (Fsp3) is 0.389. The monoisotopic (exact) mass is 364 g/mol. The predicted octanol–water partition coefficient (Wildman–Crippen LogP) is 3.92. The molecular formula is C18H21ClN2O4. The Hall–Kier alpha value is -2.34. The van der Waals surface area contributed by atoms with Crippen molar-refractivity contribution in [2.75, 3.05) is 5.32 Å². The number of nitrogens with zero attached hydrogens (tertiary/aromatic N) is 1. The second-order valence-electron chi connectivity index (χ2n) is 5.70. The third-order valence-corrected chi connectivity index (χ3v) is 3.93. The highest BCUT2D eigenvalue weighted by atomic mass is 35.5. The minimum absolute atomic E-state index is 0.0125. The molecule has 6 nitrogen and oxygen atoms in total. The summed E-state index contributed by atoms with van der Waals surface area (Å²) in [6, 6.07) is 8.64. The van der Waals surface area contributed by atoms with Gasteiger partial charge in [-0.1, -0.05) is 48.3 Å². The topological polar surface area (TPSA) is 81.4 Å². The Labute approximate surface area is 151 Å². The summed E-state index contributed by atoms with van der Waals surface area (Å²) in [5.41, 5.74) is 0.663. The molecule has 0 aliphatic heterocycles. The van der Waals surface area contributed by atoms with Gasteiger partial charge in [0, 0.05) is 11.1 Å². The summed E-state index contributed by atoms with van der Waals surface area (Å²) >= 11 is 6.05. The molecule has 7 heteroatoms. The van der Waals surface area contributed by atoms with Crippen LogP contribution < -0.4 is 5.32 Å². The summed E-state index contributed by atoms with van der Waals surface area (Å²) in [6.45, 7) is 3.72. The number of carbonyl (C=O) groups is 2. The third kappa shape index (κ3) is 5.90. The van der Waals surface area contributed by atoms with Gasteiger partial charge in [-0.3, -0.25) is 9.59 Å². The lowest BCUT2D eigenvalue weighted by molar-refractivity contribution is -0.154. The lowest BCUT2D eigenvalue weighted by Crippen LogP contribution is -2.33. The molecule has 1 N–H and O–H groups in total. The number of hydrogen-bond donors (Lipinski definition) is 1. The molecule has 134 valence electrons. The van der Waals surface area contributed by atoms with Crippen molar-refractivity contribution < 1.29 is 18.8 Å². The molecule has 0 bridgehead atoms. The predicted molar refractivity (Wildman–Crippen MR) is 94.4 cm³/mol. The molecular weight excluding hydrogens is 344 g/mol. The van der Waals surface area contributed by atoms with Gasteiger partial charge in [-0.05, 0) is 31.4 Å². The van der Waals surface area contributed by atoms with Gasteiger partial charge in [-0.2, -0.15) is 0 Å². The van der Waals surface area contributed by atoms with E-state index in [2.05, 4.69) is 10.5 Å². The third-order valence-electron chi connectivity index (χ3n) is 3.56. The Bertz CT molecular complexity index is 729. The summed E-state index contributed by atoms with van der Waals surface area (Å²) in [6.07, 6.45) is 1.21. The van der Waals surface area contributed by atoms with Crippen molar-refractivity contribution >= 4 is 29.3 Å². The largest absolute Gasteiger partial charge is 0.452 e. The SMILES string of the molecule is CCCCC(OC(=O)Cc1ccccc1Cl)C(=O)Nc1cc(C)on1. The zero-order chi connectivity index (χ0) is 18.2. The first kappa shape index (κ1) is 19.0. The van der Waals surface area contributed by atoms with Crippen LogP contribution in [0.25, 0.3) is 0 Å². The second-order valence-corrected chi connectivity index (χ2v) is 6.11. The number of halogens is 1. The Morgan fingerprint density at radius 2 is 2.12 bits per heavy atom. The van der Waals surface area contributed by atoms with Crippen molar-refractivity contribution in [3.63, 3.8) is 0 Å². The molecule has 0 fully saturated rings. The van der Waals surface area contributed by atoms with E-state index < -0.39 is 18.0 Å². The van der Waals surface area contributed by atoms with Gasteiger partial charge < -0.3 is 14.6 Å². The first-order valence-corrected chi connectivity index (χ1v) is 8.54. The molecule has 0 spiro atoms. The normalized spacial score (nSPS) is 11.8. The van der Waals surface area contributed by atoms with E-state index in [1.807, 2.05) is 6.92 Å². The summed E-state index contributed by atoms with van der Waals surface area (Å²) in [4.78, 5) is 24.6. The Balaban J connectivity index is 1.99. The van der Waals surface area contributed by atoms with Crippen LogP contribution in [0.4, 0.5) is 5.82 Å². The van der Waals surface area contributed by atoms with Crippen LogP contribution in [0.2, 0.25) is 5.02 Å². The standard InChI is InChI=1S/C18H21ClN2O4/c1-3-4-9-15(18(23)20-16-10-12(2)25-21-16)24-17(22)11-13-7-5-6-8-14(13)19/h5-8,10,15H,3-4,9,11H2,1-2H3,(H,20,21,23). The highest BCUT2D eigenvalue weighted by molar-refractivity contribution is 6.31. The zero-order valence-electron chi connectivity index (χ0n) is 14.3. The Kier molecular flexibility index (Phi) is 7.01. The van der Waals surface area contributed by atoms with Crippen LogP contribution in [0, 0.1) is 6.92 Å². The van der Waals surface area contributed by atoms with Gasteiger partial charge in [-0.25, -0.2) is 0 Å². The van der Waals surface area contributed by atoms with E-state index in [0.29, 0.717) is 28.6 Å². The van der Waals surface area contributed by atoms with Gasteiger partial charge in [0.1, 0.15) is 5.76 Å². The number of rotatable bonds is 8. The number of benzene rings is 1. The van der Waals surface area contributed by atoms with Gasteiger partial charge in [-0.15, -0.1) is 0 Å². The molecule has 0 radical (unpaired) electrons. The summed E-state index contributed by atoms with van der Waals surface area (Å²) in [7, 11) is 0. The van der Waals surface area contributed by atoms with Gasteiger partial charge in [0.15, 0.2) is 11.9 Å². The fourth-order valence-corrected chi connectivity index (χ4v) is 2.47. The van der Waals surface area contributed by atoms with Gasteiger partial charge in [0.25, 0.3) is 5.91 Å². The maximum atomic E-state index is 12.4. The molecule has 1 atom stereocenters. The quantitative estimate of drug-likeness (QED) is 0.718. The Morgan fingerprint density at radius 1 is 1.36 bits per heavy atom. The van der Waals surface area contributed by atoms with Crippen molar-refractivity contribution in [3.8, 4) is 0 Å². The molecule has 1 aromatic carbocycles. The first-order chi connectivity index (χ1) is 12.0. The van der Waals surface area contributed by atoms with E-state index in [4.69, 9.17) is 20.9 Å². The number of anilines is 1. The zero-order valence-corrected chi connectivity index (χ0v) is 15.0. The van der Waals surface area contributed by atoms with Crippen LogP contribution >= 0.6 is 11.6 Å². The first-order valence-electron chi connectivity index (χ1n) is 8.16. The molecule has 0 aliphatic carbocycles. The Morgan fingerprint density at radius 3 is 2.76 bits per heavy atom. The lowest BCUT2D eigenvalue weighted by Gasteiger charge is -2.17. The average molecular weight is 365 g/mol. The second kappa shape index (κ2) is 9.22. The fourth-order valence-electron chi connectivity index (χ4n) is 2.26. The number of aryl methyl sites for hydroxylation is 1. The van der Waals surface area contributed by atoms with Crippen LogP contribution in [0.3, 0.4) is 0 Å². The van der Waals surface area contributed by atoms with E-state index in [1.54, 1.807) is 37.3 Å². The van der Waals surface area contributed by atoms with Crippen molar-refractivity contribution in [2.24, 2.45) is 0 Å². The highest BCUT2D eigenvalue weighted by Crippen LogP contribution is 2.17. The van der Waals surface area contributed by atoms with E-state index in [1.165, 1.54) is 0 Å². The molecule has 2 aromatic rings. The van der Waals surface area contributed by atoms with Crippen LogP contribution in [-0.4, -0.2) is 23.1 Å². The average Bonchev–Trinajstić information content (AvgIpc) is 2.98. The molecule has 1 amide bonds. The number of hydrogen-bond acceptors (Lipinski definition) is 5. The van der Waals surface area contributed by atoms with Crippen LogP contribution in [0.5, 0.6) is 0 Å². The summed E-state index contributed by atoms with van der Waals surface area (Å²) < 4.78 is 10.3. The molecule has 0 aliphatic rings. The van der Waals surface area contributed by atoms with Crippen molar-refractivity contribution in [1.82, 2.24) is 5.16 Å². The molecule has 25 heavy (non-hydrogen) atoms. The number of esters is 1. The number of nitrogens with one attached hydrogen (secondary N) is 1.